The molecule has 2 aromatic rings. The topological polar surface area (TPSA) is 173 Å². The maximum Gasteiger partial charge on any atom is 1.00 e. The fourth-order valence-corrected chi connectivity index (χ4v) is 2.46. The van der Waals surface area contributed by atoms with Crippen LogP contribution >= 0.6 is 0 Å². The molecule has 160 valence electrons. The van der Waals surface area contributed by atoms with Crippen LogP contribution in [-0.4, -0.2) is 42.9 Å². The van der Waals surface area contributed by atoms with Crippen LogP contribution < -0.4 is 68.6 Å². The third kappa shape index (κ3) is 19.9. The van der Waals surface area contributed by atoms with Gasteiger partial charge in [-0.05, 0) is 30.5 Å². The van der Waals surface area contributed by atoms with Crippen molar-refractivity contribution in [3.8, 4) is 5.75 Å². The molecule has 14 heteroatoms. The maximum atomic E-state index is 11.8. The van der Waals surface area contributed by atoms with Crippen LogP contribution in [0.1, 0.15) is 17.5 Å². The molecule has 0 heterocycles. The zero-order chi connectivity index (χ0) is 21.9. The number of nitrogens with one attached hydrogen (secondary N) is 1. The van der Waals surface area contributed by atoms with Crippen molar-refractivity contribution in [2.45, 2.75) is 19.3 Å². The fourth-order valence-electron chi connectivity index (χ4n) is 2.11. The van der Waals surface area contributed by atoms with Gasteiger partial charge < -0.3 is 18.6 Å². The Hall–Kier alpha value is -0.510. The molecule has 0 aliphatic carbocycles. The van der Waals surface area contributed by atoms with E-state index in [1.54, 1.807) is 12.1 Å². The average Bonchev–Trinajstić information content (AvgIpc) is 2.60. The quantitative estimate of drug-likeness (QED) is 0.159. The standard InChI is InChI=1S/C17H18NO5S.2Na.H2O4S/c19-17(11-8-14-4-2-1-3-5-14)18-13-12-15-6-9-16(10-7-15)23-24(20,21)22;;;1-5(2,3)4/h2-7,9-10H,8,11-13H2,(H,18,19)(H,20,21,22);;;(H2,1,2,3,4)/q-1;2*+1;/p-2. The number of aryl methyl sites for hydroxylation is 1. The van der Waals surface area contributed by atoms with Gasteiger partial charge in [0.25, 0.3) is 10.4 Å². The van der Waals surface area contributed by atoms with Crippen LogP contribution in [-0.2, 0) is 38.4 Å². The van der Waals surface area contributed by atoms with Gasteiger partial charge in [0.1, 0.15) is 5.75 Å². The van der Waals surface area contributed by atoms with Gasteiger partial charge >= 0.3 is 59.1 Å². The Balaban J connectivity index is 0. The number of hydrogen-bond donors (Lipinski definition) is 2. The molecule has 0 aliphatic heterocycles. The number of hydrogen-bond acceptors (Lipinski definition) is 8. The van der Waals surface area contributed by atoms with E-state index in [1.807, 2.05) is 24.3 Å². The minimum Gasteiger partial charge on any atom is -0.726 e. The predicted molar refractivity (Wildman–Crippen MR) is 99.4 cm³/mol. The van der Waals surface area contributed by atoms with Gasteiger partial charge in [0, 0.05) is 13.0 Å². The average molecular weight is 490 g/mol. The second-order valence-corrected chi connectivity index (χ2v) is 7.41. The summed E-state index contributed by atoms with van der Waals surface area (Å²) in [6.45, 7) is 0.474. The molecule has 0 radical (unpaired) electrons. The van der Waals surface area contributed by atoms with Crippen LogP contribution in [0.5, 0.6) is 5.75 Å². The van der Waals surface area contributed by atoms with Crippen LogP contribution in [0.25, 0.3) is 0 Å². The van der Waals surface area contributed by atoms with E-state index in [1.165, 1.54) is 12.1 Å². The van der Waals surface area contributed by atoms with Crippen LogP contribution in [0.15, 0.2) is 48.5 Å². The van der Waals surface area contributed by atoms with E-state index < -0.39 is 20.8 Å². The van der Waals surface area contributed by atoms with E-state index in [0.29, 0.717) is 25.8 Å². The molecule has 10 nitrogen and oxygen atoms in total. The summed E-state index contributed by atoms with van der Waals surface area (Å²) in [6.07, 6.45) is 1.69. The van der Waals surface area contributed by atoms with E-state index in [9.17, 15) is 17.8 Å². The molecule has 1 amide bonds. The molecule has 0 bridgehead atoms. The van der Waals surface area contributed by atoms with Crippen molar-refractivity contribution in [1.29, 1.82) is 0 Å². The van der Waals surface area contributed by atoms with E-state index >= 15 is 0 Å². The molecule has 0 fully saturated rings. The van der Waals surface area contributed by atoms with Crippen molar-refractivity contribution in [2.24, 2.45) is 0 Å². The van der Waals surface area contributed by atoms with Crippen LogP contribution in [0, 0.1) is 6.07 Å². The third-order valence-corrected chi connectivity index (χ3v) is 3.68. The largest absolute Gasteiger partial charge is 1.00 e. The Bertz CT molecular complexity index is 976. The molecule has 0 unspecified atom stereocenters. The minimum absolute atomic E-state index is 0. The Morgan fingerprint density at radius 3 is 1.90 bits per heavy atom. The van der Waals surface area contributed by atoms with Gasteiger partial charge in [0.15, 0.2) is 0 Å². The van der Waals surface area contributed by atoms with Gasteiger partial charge in [-0.15, -0.1) is 0 Å². The van der Waals surface area contributed by atoms with Crippen molar-refractivity contribution in [3.05, 3.63) is 65.7 Å². The van der Waals surface area contributed by atoms with Crippen molar-refractivity contribution in [2.75, 3.05) is 6.54 Å². The first-order valence-corrected chi connectivity index (χ1v) is 10.8. The summed E-state index contributed by atoms with van der Waals surface area (Å²) in [5.74, 6) is -0.0573. The van der Waals surface area contributed by atoms with Gasteiger partial charge in [0.05, 0.1) is 0 Å². The maximum absolute atomic E-state index is 11.8. The molecule has 0 aliphatic rings. The number of rotatable bonds is 8. The van der Waals surface area contributed by atoms with Crippen molar-refractivity contribution in [3.63, 3.8) is 0 Å². The van der Waals surface area contributed by atoms with E-state index in [0.717, 1.165) is 11.1 Å². The van der Waals surface area contributed by atoms with Crippen molar-refractivity contribution < 1.29 is 98.6 Å². The molecular weight excluding hydrogens is 472 g/mol. The van der Waals surface area contributed by atoms with Gasteiger partial charge in [-0.3, -0.25) is 9.35 Å². The van der Waals surface area contributed by atoms with Crippen molar-refractivity contribution >= 4 is 26.7 Å². The first-order valence-electron chi connectivity index (χ1n) is 8.06. The summed E-state index contributed by atoms with van der Waals surface area (Å²) >= 11 is 0. The summed E-state index contributed by atoms with van der Waals surface area (Å²) < 4.78 is 68.5. The second kappa shape index (κ2) is 16.2. The minimum atomic E-state index is -4.92. The molecule has 0 aromatic heterocycles. The van der Waals surface area contributed by atoms with Crippen LogP contribution in [0.2, 0.25) is 0 Å². The molecule has 2 aromatic carbocycles. The molecule has 0 saturated heterocycles. The Labute approximate surface area is 225 Å². The van der Waals surface area contributed by atoms with E-state index in [-0.39, 0.29) is 70.8 Å². The Morgan fingerprint density at radius 2 is 1.42 bits per heavy atom. The number of benzene rings is 2. The summed E-state index contributed by atoms with van der Waals surface area (Å²) in [5, 5.41) is 2.83. The van der Waals surface area contributed by atoms with Gasteiger partial charge in [0.2, 0.25) is 16.3 Å². The van der Waals surface area contributed by atoms with E-state index in [4.69, 9.17) is 17.5 Å². The smallest absolute Gasteiger partial charge is 0.726 e. The molecule has 0 spiro atoms. The summed E-state index contributed by atoms with van der Waals surface area (Å²) in [7, 11) is -9.67. The normalized spacial score (nSPS) is 10.4. The molecule has 31 heavy (non-hydrogen) atoms. The second-order valence-electron chi connectivity index (χ2n) is 5.57. The summed E-state index contributed by atoms with van der Waals surface area (Å²) in [4.78, 5) is 11.8. The molecular formula is C17H18NNa2O9S2-. The van der Waals surface area contributed by atoms with Gasteiger partial charge in [-0.25, -0.2) is 16.8 Å². The van der Waals surface area contributed by atoms with Crippen molar-refractivity contribution in [1.82, 2.24) is 5.32 Å². The third-order valence-electron chi connectivity index (χ3n) is 3.29. The first-order chi connectivity index (χ1) is 13.4. The molecule has 0 atom stereocenters. The zero-order valence-electron chi connectivity index (χ0n) is 17.0. The Morgan fingerprint density at radius 1 is 0.935 bits per heavy atom. The summed E-state index contributed by atoms with van der Waals surface area (Å²) in [5.41, 5.74) is 1.98. The summed E-state index contributed by atoms with van der Waals surface area (Å²) in [6, 6.07) is 16.5. The van der Waals surface area contributed by atoms with Crippen LogP contribution in [0.3, 0.4) is 0 Å². The van der Waals surface area contributed by atoms with Crippen LogP contribution in [0.4, 0.5) is 0 Å². The van der Waals surface area contributed by atoms with Gasteiger partial charge in [-0.2, -0.15) is 35.9 Å². The van der Waals surface area contributed by atoms with Gasteiger partial charge in [-0.1, -0.05) is 12.1 Å². The number of amides is 1. The SMILES string of the molecule is O=C(CCc1cc[c-]cc1)NCCc1ccc(OS(=O)(=O)[O-])cc1.O=S(=O)([O-])O.[Na+].[Na+]. The molecule has 0 saturated carbocycles. The first kappa shape index (κ1) is 32.7. The van der Waals surface area contributed by atoms with E-state index in [2.05, 4.69) is 15.6 Å². The Kier molecular flexibility index (Phi) is 17.0. The molecule has 2 rings (SSSR count). The number of carbonyl (C=O) groups excluding carboxylic acids is 1. The fraction of sp³-hybridized carbons (Fsp3) is 0.235. The number of carbonyl (C=O) groups is 1. The zero-order valence-corrected chi connectivity index (χ0v) is 22.6. The predicted octanol–water partition coefficient (Wildman–Crippen LogP) is -5.37. The monoisotopic (exact) mass is 490 g/mol. The molecule has 2 N–H and O–H groups in total.